The molecule has 0 spiro atoms. The SMILES string of the molecule is COc1cccc(CNC(=O)Cn2nnnc2C(C)(C)C)c1. The number of rotatable bonds is 5. The third-order valence-corrected chi connectivity index (χ3v) is 3.12. The van der Waals surface area contributed by atoms with Crippen molar-refractivity contribution in [3.05, 3.63) is 35.7 Å². The number of aromatic nitrogens is 4. The molecule has 0 radical (unpaired) electrons. The maximum absolute atomic E-state index is 12.1. The number of ether oxygens (including phenoxy) is 1. The van der Waals surface area contributed by atoms with Crippen molar-refractivity contribution in [2.45, 2.75) is 39.3 Å². The zero-order valence-corrected chi connectivity index (χ0v) is 13.3. The highest BCUT2D eigenvalue weighted by Gasteiger charge is 2.22. The Morgan fingerprint density at radius 2 is 2.14 bits per heavy atom. The van der Waals surface area contributed by atoms with Gasteiger partial charge in [-0.3, -0.25) is 4.79 Å². The van der Waals surface area contributed by atoms with Crippen molar-refractivity contribution in [2.24, 2.45) is 0 Å². The molecule has 0 aliphatic carbocycles. The van der Waals surface area contributed by atoms with Gasteiger partial charge in [-0.2, -0.15) is 0 Å². The van der Waals surface area contributed by atoms with E-state index in [1.807, 2.05) is 45.0 Å². The van der Waals surface area contributed by atoms with E-state index in [1.165, 1.54) is 4.68 Å². The molecule has 0 atom stereocenters. The summed E-state index contributed by atoms with van der Waals surface area (Å²) in [6.45, 7) is 6.54. The highest BCUT2D eigenvalue weighted by molar-refractivity contribution is 5.75. The summed E-state index contributed by atoms with van der Waals surface area (Å²) in [5.74, 6) is 1.31. The average Bonchev–Trinajstić information content (AvgIpc) is 2.93. The summed E-state index contributed by atoms with van der Waals surface area (Å²) >= 11 is 0. The van der Waals surface area contributed by atoms with Crippen LogP contribution in [0, 0.1) is 0 Å². The molecule has 0 unspecified atom stereocenters. The molecule has 1 aromatic carbocycles. The van der Waals surface area contributed by atoms with Crippen LogP contribution >= 0.6 is 0 Å². The summed E-state index contributed by atoms with van der Waals surface area (Å²) in [7, 11) is 1.61. The summed E-state index contributed by atoms with van der Waals surface area (Å²) in [5.41, 5.74) is 0.761. The van der Waals surface area contributed by atoms with Crippen LogP contribution in [0.2, 0.25) is 0 Å². The normalized spacial score (nSPS) is 11.3. The second-order valence-electron chi connectivity index (χ2n) is 6.04. The van der Waals surface area contributed by atoms with Crippen LogP contribution in [0.5, 0.6) is 5.75 Å². The lowest BCUT2D eigenvalue weighted by molar-refractivity contribution is -0.122. The summed E-state index contributed by atoms with van der Waals surface area (Å²) < 4.78 is 6.69. The monoisotopic (exact) mass is 303 g/mol. The van der Waals surface area contributed by atoms with E-state index in [4.69, 9.17) is 4.74 Å². The molecular formula is C15H21N5O2. The first-order valence-electron chi connectivity index (χ1n) is 7.06. The summed E-state index contributed by atoms with van der Waals surface area (Å²) in [6.07, 6.45) is 0. The van der Waals surface area contributed by atoms with Gasteiger partial charge in [0.2, 0.25) is 5.91 Å². The van der Waals surface area contributed by atoms with Crippen LogP contribution in [0.15, 0.2) is 24.3 Å². The highest BCUT2D eigenvalue weighted by atomic mass is 16.5. The van der Waals surface area contributed by atoms with E-state index in [-0.39, 0.29) is 17.9 Å². The molecule has 1 heterocycles. The highest BCUT2D eigenvalue weighted by Crippen LogP contribution is 2.18. The van der Waals surface area contributed by atoms with E-state index in [2.05, 4.69) is 20.8 Å². The van der Waals surface area contributed by atoms with E-state index in [0.717, 1.165) is 11.3 Å². The lowest BCUT2D eigenvalue weighted by atomic mass is 9.96. The second-order valence-corrected chi connectivity index (χ2v) is 6.04. The van der Waals surface area contributed by atoms with E-state index in [9.17, 15) is 4.79 Å². The topological polar surface area (TPSA) is 81.9 Å². The van der Waals surface area contributed by atoms with Crippen LogP contribution < -0.4 is 10.1 Å². The molecule has 1 N–H and O–H groups in total. The Morgan fingerprint density at radius 3 is 2.82 bits per heavy atom. The molecule has 2 aromatic rings. The minimum Gasteiger partial charge on any atom is -0.497 e. The van der Waals surface area contributed by atoms with Crippen LogP contribution in [0.4, 0.5) is 0 Å². The van der Waals surface area contributed by atoms with Crippen LogP contribution in [0.3, 0.4) is 0 Å². The molecule has 1 amide bonds. The lowest BCUT2D eigenvalue weighted by Gasteiger charge is -2.16. The van der Waals surface area contributed by atoms with Gasteiger partial charge in [0.25, 0.3) is 0 Å². The summed E-state index contributed by atoms with van der Waals surface area (Å²) in [6, 6.07) is 7.57. The minimum atomic E-state index is -0.212. The maximum Gasteiger partial charge on any atom is 0.242 e. The lowest BCUT2D eigenvalue weighted by Crippen LogP contribution is -2.30. The molecular weight excluding hydrogens is 282 g/mol. The van der Waals surface area contributed by atoms with Gasteiger partial charge in [-0.25, -0.2) is 4.68 Å². The van der Waals surface area contributed by atoms with Gasteiger partial charge >= 0.3 is 0 Å². The van der Waals surface area contributed by atoms with E-state index in [0.29, 0.717) is 12.4 Å². The van der Waals surface area contributed by atoms with Crippen molar-refractivity contribution in [1.82, 2.24) is 25.5 Å². The molecule has 0 fully saturated rings. The predicted molar refractivity (Wildman–Crippen MR) is 81.4 cm³/mol. The molecule has 0 saturated carbocycles. The van der Waals surface area contributed by atoms with Crippen LogP contribution in [0.1, 0.15) is 32.2 Å². The van der Waals surface area contributed by atoms with Gasteiger partial charge in [0.05, 0.1) is 7.11 Å². The van der Waals surface area contributed by atoms with Crippen LogP contribution in [-0.4, -0.2) is 33.2 Å². The molecule has 0 bridgehead atoms. The van der Waals surface area contributed by atoms with Gasteiger partial charge < -0.3 is 10.1 Å². The Labute approximate surface area is 129 Å². The van der Waals surface area contributed by atoms with Gasteiger partial charge in [0.15, 0.2) is 5.82 Å². The molecule has 0 aliphatic rings. The third-order valence-electron chi connectivity index (χ3n) is 3.12. The van der Waals surface area contributed by atoms with Gasteiger partial charge in [0.1, 0.15) is 12.3 Å². The van der Waals surface area contributed by atoms with Crippen molar-refractivity contribution in [3.63, 3.8) is 0 Å². The maximum atomic E-state index is 12.1. The van der Waals surface area contributed by atoms with Crippen molar-refractivity contribution >= 4 is 5.91 Å². The average molecular weight is 303 g/mol. The third kappa shape index (κ3) is 4.03. The zero-order valence-electron chi connectivity index (χ0n) is 13.3. The number of nitrogens with one attached hydrogen (secondary N) is 1. The second kappa shape index (κ2) is 6.55. The number of carbonyl (C=O) groups is 1. The van der Waals surface area contributed by atoms with Crippen molar-refractivity contribution < 1.29 is 9.53 Å². The molecule has 0 aliphatic heterocycles. The van der Waals surface area contributed by atoms with E-state index < -0.39 is 0 Å². The fourth-order valence-corrected chi connectivity index (χ4v) is 2.02. The first-order chi connectivity index (χ1) is 10.4. The number of benzene rings is 1. The van der Waals surface area contributed by atoms with Gasteiger partial charge in [-0.15, -0.1) is 5.10 Å². The Hall–Kier alpha value is -2.44. The Balaban J connectivity index is 1.95. The van der Waals surface area contributed by atoms with Gasteiger partial charge in [0, 0.05) is 12.0 Å². The fraction of sp³-hybridized carbons (Fsp3) is 0.467. The van der Waals surface area contributed by atoms with E-state index >= 15 is 0 Å². The number of tetrazole rings is 1. The van der Waals surface area contributed by atoms with Crippen molar-refractivity contribution in [2.75, 3.05) is 7.11 Å². The molecule has 7 nitrogen and oxygen atoms in total. The molecule has 2 rings (SSSR count). The largest absolute Gasteiger partial charge is 0.497 e. The molecule has 0 saturated heterocycles. The van der Waals surface area contributed by atoms with Crippen molar-refractivity contribution in [1.29, 1.82) is 0 Å². The van der Waals surface area contributed by atoms with Crippen LogP contribution in [-0.2, 0) is 23.3 Å². The number of hydrogen-bond donors (Lipinski definition) is 1. The minimum absolute atomic E-state index is 0.101. The van der Waals surface area contributed by atoms with Crippen molar-refractivity contribution in [3.8, 4) is 5.75 Å². The summed E-state index contributed by atoms with van der Waals surface area (Å²) in [4.78, 5) is 12.1. The molecule has 118 valence electrons. The van der Waals surface area contributed by atoms with Crippen LogP contribution in [0.25, 0.3) is 0 Å². The first kappa shape index (κ1) is 15.9. The predicted octanol–water partition coefficient (Wildman–Crippen LogP) is 1.30. The number of nitrogens with zero attached hydrogens (tertiary/aromatic N) is 4. The number of methoxy groups -OCH3 is 1. The Morgan fingerprint density at radius 1 is 1.36 bits per heavy atom. The quantitative estimate of drug-likeness (QED) is 0.900. The Kier molecular flexibility index (Phi) is 4.75. The number of carbonyl (C=O) groups excluding carboxylic acids is 1. The standard InChI is InChI=1S/C15H21N5O2/c1-15(2,3)14-17-18-19-20(14)10-13(21)16-9-11-6-5-7-12(8-11)22-4/h5-8H,9-10H2,1-4H3,(H,16,21). The van der Waals surface area contributed by atoms with Gasteiger partial charge in [-0.1, -0.05) is 32.9 Å². The van der Waals surface area contributed by atoms with E-state index in [1.54, 1.807) is 7.11 Å². The Bertz CT molecular complexity index is 645. The molecule has 7 heteroatoms. The summed E-state index contributed by atoms with van der Waals surface area (Å²) in [5, 5.41) is 14.4. The molecule has 22 heavy (non-hydrogen) atoms. The number of hydrogen-bond acceptors (Lipinski definition) is 5. The smallest absolute Gasteiger partial charge is 0.242 e. The zero-order chi connectivity index (χ0) is 16.2. The first-order valence-corrected chi connectivity index (χ1v) is 7.06. The van der Waals surface area contributed by atoms with Gasteiger partial charge in [-0.05, 0) is 28.1 Å². The number of amides is 1. The molecule has 1 aromatic heterocycles. The fourth-order valence-electron chi connectivity index (χ4n) is 2.02.